The Labute approximate surface area is 69.3 Å². The highest BCUT2D eigenvalue weighted by molar-refractivity contribution is 5.79. The lowest BCUT2D eigenvalue weighted by molar-refractivity contribution is 1.29. The van der Waals surface area contributed by atoms with E-state index in [1.54, 1.807) is 24.5 Å². The van der Waals surface area contributed by atoms with Crippen LogP contribution in [0, 0.1) is 11.3 Å². The molecule has 56 valence electrons. The Morgan fingerprint density at radius 1 is 1.17 bits per heavy atom. The molecule has 0 amide bonds. The monoisotopic (exact) mass is 155 g/mol. The van der Waals surface area contributed by atoms with Crippen LogP contribution in [0.1, 0.15) is 5.56 Å². The maximum atomic E-state index is 8.72. The second-order valence-corrected chi connectivity index (χ2v) is 2.34. The topological polar surface area (TPSA) is 49.6 Å². The van der Waals surface area contributed by atoms with Crippen LogP contribution >= 0.6 is 0 Å². The Balaban J connectivity index is 2.91. The van der Waals surface area contributed by atoms with E-state index in [4.69, 9.17) is 5.26 Å². The molecule has 1 aromatic heterocycles. The van der Waals surface area contributed by atoms with Gasteiger partial charge in [0.1, 0.15) is 11.6 Å². The molecule has 0 fully saturated rings. The summed E-state index contributed by atoms with van der Waals surface area (Å²) in [5, 5.41) is 8.72. The summed E-state index contributed by atoms with van der Waals surface area (Å²) in [7, 11) is 0. The molecule has 2 rings (SSSR count). The molecule has 0 aliphatic carbocycles. The van der Waals surface area contributed by atoms with Gasteiger partial charge in [-0.3, -0.25) is 9.97 Å². The van der Waals surface area contributed by atoms with Crippen molar-refractivity contribution in [3.05, 3.63) is 36.2 Å². The minimum Gasteiger partial charge on any atom is -0.253 e. The van der Waals surface area contributed by atoms with Gasteiger partial charge in [0.2, 0.25) is 0 Å². The lowest BCUT2D eigenvalue weighted by Gasteiger charge is -1.95. The standard InChI is InChI=1S/C9H5N3/c10-6-7-2-1-3-8-9(7)12-5-4-11-8/h1-5H. The summed E-state index contributed by atoms with van der Waals surface area (Å²) in [6.45, 7) is 0. The van der Waals surface area contributed by atoms with Gasteiger partial charge in [-0.05, 0) is 12.1 Å². The van der Waals surface area contributed by atoms with Crippen LogP contribution in [0.5, 0.6) is 0 Å². The van der Waals surface area contributed by atoms with Crippen LogP contribution < -0.4 is 0 Å². The summed E-state index contributed by atoms with van der Waals surface area (Å²) >= 11 is 0. The Morgan fingerprint density at radius 3 is 2.83 bits per heavy atom. The van der Waals surface area contributed by atoms with Gasteiger partial charge in [0.15, 0.2) is 0 Å². The number of benzene rings is 1. The van der Waals surface area contributed by atoms with E-state index in [2.05, 4.69) is 16.0 Å². The van der Waals surface area contributed by atoms with Crippen LogP contribution in [-0.4, -0.2) is 9.97 Å². The van der Waals surface area contributed by atoms with E-state index >= 15 is 0 Å². The predicted molar refractivity (Wildman–Crippen MR) is 44.3 cm³/mol. The number of nitrogens with zero attached hydrogens (tertiary/aromatic N) is 3. The fraction of sp³-hybridized carbons (Fsp3) is 0. The molecule has 2 aromatic rings. The molecule has 0 saturated carbocycles. The molecule has 3 heteroatoms. The van der Waals surface area contributed by atoms with E-state index in [1.807, 2.05) is 6.07 Å². The fourth-order valence-electron chi connectivity index (χ4n) is 1.08. The lowest BCUT2D eigenvalue weighted by atomic mass is 10.2. The quantitative estimate of drug-likeness (QED) is 0.579. The molecule has 0 atom stereocenters. The lowest BCUT2D eigenvalue weighted by Crippen LogP contribution is -1.85. The number of para-hydroxylation sites is 1. The molecule has 1 heterocycles. The molecule has 1 aromatic carbocycles. The van der Waals surface area contributed by atoms with Gasteiger partial charge in [0, 0.05) is 12.4 Å². The highest BCUT2D eigenvalue weighted by Crippen LogP contribution is 2.11. The highest BCUT2D eigenvalue weighted by Gasteiger charge is 1.99. The summed E-state index contributed by atoms with van der Waals surface area (Å²) in [6.07, 6.45) is 3.20. The molecule has 0 aliphatic heterocycles. The Morgan fingerprint density at radius 2 is 2.00 bits per heavy atom. The number of rotatable bonds is 0. The molecule has 0 spiro atoms. The van der Waals surface area contributed by atoms with Crippen molar-refractivity contribution in [2.45, 2.75) is 0 Å². The van der Waals surface area contributed by atoms with Gasteiger partial charge in [-0.15, -0.1) is 0 Å². The first kappa shape index (κ1) is 6.74. The third-order valence-electron chi connectivity index (χ3n) is 1.62. The summed E-state index contributed by atoms with van der Waals surface area (Å²) in [5.41, 5.74) is 2.00. The van der Waals surface area contributed by atoms with Gasteiger partial charge >= 0.3 is 0 Å². The average Bonchev–Trinajstić information content (AvgIpc) is 2.17. The van der Waals surface area contributed by atoms with Crippen LogP contribution in [0.25, 0.3) is 11.0 Å². The molecular weight excluding hydrogens is 150 g/mol. The molecule has 12 heavy (non-hydrogen) atoms. The fourth-order valence-corrected chi connectivity index (χ4v) is 1.08. The van der Waals surface area contributed by atoms with Crippen LogP contribution in [0.3, 0.4) is 0 Å². The zero-order chi connectivity index (χ0) is 8.39. The summed E-state index contributed by atoms with van der Waals surface area (Å²) in [5.74, 6) is 0. The number of nitriles is 1. The highest BCUT2D eigenvalue weighted by atomic mass is 14.8. The molecular formula is C9H5N3. The van der Waals surface area contributed by atoms with Crippen molar-refractivity contribution < 1.29 is 0 Å². The van der Waals surface area contributed by atoms with Gasteiger partial charge < -0.3 is 0 Å². The van der Waals surface area contributed by atoms with E-state index < -0.39 is 0 Å². The van der Waals surface area contributed by atoms with E-state index in [0.29, 0.717) is 11.1 Å². The van der Waals surface area contributed by atoms with Crippen molar-refractivity contribution in [2.24, 2.45) is 0 Å². The van der Waals surface area contributed by atoms with Crippen LogP contribution in [0.4, 0.5) is 0 Å². The molecule has 0 unspecified atom stereocenters. The molecule has 0 bridgehead atoms. The molecule has 3 nitrogen and oxygen atoms in total. The van der Waals surface area contributed by atoms with E-state index in [-0.39, 0.29) is 0 Å². The van der Waals surface area contributed by atoms with E-state index in [0.717, 1.165) is 5.52 Å². The molecule has 0 N–H and O–H groups in total. The Hall–Kier alpha value is -1.95. The van der Waals surface area contributed by atoms with Gasteiger partial charge in [-0.25, -0.2) is 0 Å². The maximum absolute atomic E-state index is 8.72. The number of fused-ring (bicyclic) bond motifs is 1. The van der Waals surface area contributed by atoms with Crippen LogP contribution in [-0.2, 0) is 0 Å². The maximum Gasteiger partial charge on any atom is 0.106 e. The van der Waals surface area contributed by atoms with Crippen molar-refractivity contribution in [1.29, 1.82) is 5.26 Å². The Kier molecular flexibility index (Phi) is 1.45. The summed E-state index contributed by atoms with van der Waals surface area (Å²) in [4.78, 5) is 8.14. The Bertz CT molecular complexity index is 451. The van der Waals surface area contributed by atoms with Crippen LogP contribution in [0.2, 0.25) is 0 Å². The first-order chi connectivity index (χ1) is 5.92. The average molecular weight is 155 g/mol. The molecule has 0 aliphatic rings. The normalized spacial score (nSPS) is 9.58. The predicted octanol–water partition coefficient (Wildman–Crippen LogP) is 1.50. The number of hydrogen-bond acceptors (Lipinski definition) is 3. The van der Waals surface area contributed by atoms with Crippen LogP contribution in [0.15, 0.2) is 30.6 Å². The third-order valence-corrected chi connectivity index (χ3v) is 1.62. The van der Waals surface area contributed by atoms with Gasteiger partial charge in [-0.2, -0.15) is 5.26 Å². The smallest absolute Gasteiger partial charge is 0.106 e. The van der Waals surface area contributed by atoms with Crippen molar-refractivity contribution in [3.63, 3.8) is 0 Å². The van der Waals surface area contributed by atoms with Gasteiger partial charge in [0.25, 0.3) is 0 Å². The first-order valence-corrected chi connectivity index (χ1v) is 3.51. The van der Waals surface area contributed by atoms with E-state index in [9.17, 15) is 0 Å². The van der Waals surface area contributed by atoms with Crippen molar-refractivity contribution in [3.8, 4) is 6.07 Å². The van der Waals surface area contributed by atoms with Gasteiger partial charge in [0.05, 0.1) is 11.1 Å². The minimum atomic E-state index is 0.570. The van der Waals surface area contributed by atoms with Crippen molar-refractivity contribution in [2.75, 3.05) is 0 Å². The number of aromatic nitrogens is 2. The summed E-state index contributed by atoms with van der Waals surface area (Å²) in [6, 6.07) is 7.44. The number of hydrogen-bond donors (Lipinski definition) is 0. The minimum absolute atomic E-state index is 0.570. The van der Waals surface area contributed by atoms with Crippen molar-refractivity contribution in [1.82, 2.24) is 9.97 Å². The second kappa shape index (κ2) is 2.59. The largest absolute Gasteiger partial charge is 0.253 e. The second-order valence-electron chi connectivity index (χ2n) is 2.34. The van der Waals surface area contributed by atoms with Crippen molar-refractivity contribution >= 4 is 11.0 Å². The first-order valence-electron chi connectivity index (χ1n) is 3.51. The zero-order valence-corrected chi connectivity index (χ0v) is 6.23. The molecule has 0 saturated heterocycles. The summed E-state index contributed by atoms with van der Waals surface area (Å²) < 4.78 is 0. The zero-order valence-electron chi connectivity index (χ0n) is 6.23. The SMILES string of the molecule is N#Cc1cccc2nccnc12. The molecule has 0 radical (unpaired) electrons. The van der Waals surface area contributed by atoms with Gasteiger partial charge in [-0.1, -0.05) is 6.07 Å². The third kappa shape index (κ3) is 0.903. The van der Waals surface area contributed by atoms with E-state index in [1.165, 1.54) is 0 Å².